The maximum atomic E-state index is 8.89. The van der Waals surface area contributed by atoms with Crippen molar-refractivity contribution in [2.45, 2.75) is 26.2 Å². The van der Waals surface area contributed by atoms with Crippen LogP contribution in [0.4, 0.5) is 0 Å². The molecule has 0 spiro atoms. The lowest BCUT2D eigenvalue weighted by Crippen LogP contribution is -1.90. The van der Waals surface area contributed by atoms with Crippen molar-refractivity contribution in [1.29, 1.82) is 0 Å². The predicted molar refractivity (Wildman–Crippen MR) is 42.8 cm³/mol. The van der Waals surface area contributed by atoms with Crippen molar-refractivity contribution in [3.63, 3.8) is 0 Å². The Morgan fingerprint density at radius 1 is 1.60 bits per heavy atom. The van der Waals surface area contributed by atoms with Crippen LogP contribution in [0.1, 0.15) is 26.2 Å². The van der Waals surface area contributed by atoms with Crippen LogP contribution >= 0.6 is 0 Å². The molecule has 1 rings (SSSR count). The molecule has 56 valence electrons. The summed E-state index contributed by atoms with van der Waals surface area (Å²) in [5.41, 5.74) is 3.64. The van der Waals surface area contributed by atoms with E-state index < -0.39 is 0 Å². The average molecular weight is 138 g/mol. The van der Waals surface area contributed by atoms with Crippen molar-refractivity contribution >= 4 is 0 Å². The molecule has 0 bridgehead atoms. The topological polar surface area (TPSA) is 20.2 Å². The Hall–Kier alpha value is -0.560. The molecule has 0 saturated carbocycles. The monoisotopic (exact) mass is 138 g/mol. The lowest BCUT2D eigenvalue weighted by Gasteiger charge is -2.02. The Morgan fingerprint density at radius 2 is 2.30 bits per heavy atom. The van der Waals surface area contributed by atoms with Gasteiger partial charge in [0.25, 0.3) is 0 Å². The van der Waals surface area contributed by atoms with Gasteiger partial charge < -0.3 is 5.11 Å². The first-order chi connectivity index (χ1) is 4.75. The highest BCUT2D eigenvalue weighted by molar-refractivity contribution is 5.35. The number of aliphatic hydroxyl groups is 1. The highest BCUT2D eigenvalue weighted by atomic mass is 16.3. The lowest BCUT2D eigenvalue weighted by molar-refractivity contribution is 0.327. The van der Waals surface area contributed by atoms with Crippen LogP contribution in [0.25, 0.3) is 0 Å². The summed E-state index contributed by atoms with van der Waals surface area (Å²) in [6, 6.07) is 0. The largest absolute Gasteiger partial charge is 0.392 e. The fraction of sp³-hybridized carbons (Fsp3) is 0.556. The van der Waals surface area contributed by atoms with Gasteiger partial charge in [-0.05, 0) is 37.3 Å². The first-order valence-electron chi connectivity index (χ1n) is 3.73. The molecule has 1 heteroatoms. The fourth-order valence-corrected chi connectivity index (χ4v) is 1.50. The first kappa shape index (κ1) is 7.55. The standard InChI is InChI=1S/C9H14O/c1-7(2)9-5-3-4-8(9)6-10/h10H,1,3-6H2,2H3. The zero-order valence-corrected chi connectivity index (χ0v) is 6.48. The molecule has 1 nitrogen and oxygen atoms in total. The third kappa shape index (κ3) is 1.29. The van der Waals surface area contributed by atoms with Crippen LogP contribution < -0.4 is 0 Å². The van der Waals surface area contributed by atoms with E-state index in [1.807, 2.05) is 6.92 Å². The molecule has 1 aliphatic rings. The summed E-state index contributed by atoms with van der Waals surface area (Å²) in [5, 5.41) is 8.89. The van der Waals surface area contributed by atoms with Gasteiger partial charge in [0, 0.05) is 0 Å². The van der Waals surface area contributed by atoms with E-state index >= 15 is 0 Å². The van der Waals surface area contributed by atoms with Crippen molar-refractivity contribution in [3.8, 4) is 0 Å². The molecular formula is C9H14O. The smallest absolute Gasteiger partial charge is 0.0647 e. The number of rotatable bonds is 2. The third-order valence-electron chi connectivity index (χ3n) is 2.04. The molecule has 0 amide bonds. The second-order valence-electron chi connectivity index (χ2n) is 2.87. The molecule has 0 aromatic carbocycles. The molecule has 0 aromatic rings. The van der Waals surface area contributed by atoms with E-state index in [1.54, 1.807) is 0 Å². The zero-order chi connectivity index (χ0) is 7.56. The zero-order valence-electron chi connectivity index (χ0n) is 6.48. The van der Waals surface area contributed by atoms with Crippen molar-refractivity contribution in [2.75, 3.05) is 6.61 Å². The maximum absolute atomic E-state index is 8.89. The summed E-state index contributed by atoms with van der Waals surface area (Å²) in [7, 11) is 0. The molecule has 0 heterocycles. The SMILES string of the molecule is C=C(C)C1=C(CO)CCC1. The van der Waals surface area contributed by atoms with Crippen molar-refractivity contribution < 1.29 is 5.11 Å². The van der Waals surface area contributed by atoms with E-state index in [9.17, 15) is 0 Å². The summed E-state index contributed by atoms with van der Waals surface area (Å²) >= 11 is 0. The van der Waals surface area contributed by atoms with Crippen LogP contribution in [0.5, 0.6) is 0 Å². The molecule has 0 aromatic heterocycles. The minimum absolute atomic E-state index is 0.224. The predicted octanol–water partition coefficient (Wildman–Crippen LogP) is 2.04. The molecule has 10 heavy (non-hydrogen) atoms. The Labute approximate surface area is 62.1 Å². The van der Waals surface area contributed by atoms with Gasteiger partial charge in [0.05, 0.1) is 6.61 Å². The molecule has 1 N–H and O–H groups in total. The van der Waals surface area contributed by atoms with Crippen LogP contribution in [0.3, 0.4) is 0 Å². The van der Waals surface area contributed by atoms with Gasteiger partial charge in [-0.2, -0.15) is 0 Å². The highest BCUT2D eigenvalue weighted by Gasteiger charge is 2.12. The highest BCUT2D eigenvalue weighted by Crippen LogP contribution is 2.29. The second kappa shape index (κ2) is 3.02. The second-order valence-corrected chi connectivity index (χ2v) is 2.87. The van der Waals surface area contributed by atoms with E-state index in [2.05, 4.69) is 6.58 Å². The summed E-state index contributed by atoms with van der Waals surface area (Å²) in [6.45, 7) is 6.10. The van der Waals surface area contributed by atoms with Gasteiger partial charge in [0.1, 0.15) is 0 Å². The van der Waals surface area contributed by atoms with Crippen molar-refractivity contribution in [2.24, 2.45) is 0 Å². The van der Waals surface area contributed by atoms with E-state index in [4.69, 9.17) is 5.11 Å². The van der Waals surface area contributed by atoms with Crippen molar-refractivity contribution in [1.82, 2.24) is 0 Å². The molecule has 0 fully saturated rings. The molecule has 0 atom stereocenters. The molecule has 0 saturated heterocycles. The summed E-state index contributed by atoms with van der Waals surface area (Å²) in [5.74, 6) is 0. The number of allylic oxidation sites excluding steroid dienone is 2. The van der Waals surface area contributed by atoms with E-state index in [0.29, 0.717) is 0 Å². The molecular weight excluding hydrogens is 124 g/mol. The molecule has 1 aliphatic carbocycles. The summed E-state index contributed by atoms with van der Waals surface area (Å²) < 4.78 is 0. The summed E-state index contributed by atoms with van der Waals surface area (Å²) in [4.78, 5) is 0. The van der Waals surface area contributed by atoms with Gasteiger partial charge in [-0.3, -0.25) is 0 Å². The maximum Gasteiger partial charge on any atom is 0.0647 e. The summed E-state index contributed by atoms with van der Waals surface area (Å²) in [6.07, 6.45) is 3.38. The van der Waals surface area contributed by atoms with Crippen LogP contribution in [0.15, 0.2) is 23.3 Å². The minimum Gasteiger partial charge on any atom is -0.392 e. The van der Waals surface area contributed by atoms with Crippen LogP contribution in [0, 0.1) is 0 Å². The Bertz CT molecular complexity index is 177. The Balaban J connectivity index is 2.78. The van der Waals surface area contributed by atoms with Gasteiger partial charge in [-0.1, -0.05) is 12.2 Å². The van der Waals surface area contributed by atoms with Gasteiger partial charge >= 0.3 is 0 Å². The molecule has 0 aliphatic heterocycles. The van der Waals surface area contributed by atoms with E-state index in [1.165, 1.54) is 17.6 Å². The Kier molecular flexibility index (Phi) is 2.28. The fourth-order valence-electron chi connectivity index (χ4n) is 1.50. The number of hydrogen-bond acceptors (Lipinski definition) is 1. The van der Waals surface area contributed by atoms with Gasteiger partial charge in [0.15, 0.2) is 0 Å². The minimum atomic E-state index is 0.224. The van der Waals surface area contributed by atoms with Crippen LogP contribution in [-0.4, -0.2) is 11.7 Å². The average Bonchev–Trinajstić information content (AvgIpc) is 2.33. The number of hydrogen-bond donors (Lipinski definition) is 1. The van der Waals surface area contributed by atoms with E-state index in [0.717, 1.165) is 18.4 Å². The van der Waals surface area contributed by atoms with Gasteiger partial charge in [-0.15, -0.1) is 0 Å². The van der Waals surface area contributed by atoms with E-state index in [-0.39, 0.29) is 6.61 Å². The normalized spacial score (nSPS) is 18.2. The van der Waals surface area contributed by atoms with Crippen LogP contribution in [-0.2, 0) is 0 Å². The lowest BCUT2D eigenvalue weighted by atomic mass is 10.1. The first-order valence-corrected chi connectivity index (χ1v) is 3.73. The molecule has 0 unspecified atom stereocenters. The van der Waals surface area contributed by atoms with Crippen molar-refractivity contribution in [3.05, 3.63) is 23.3 Å². The van der Waals surface area contributed by atoms with Gasteiger partial charge in [-0.25, -0.2) is 0 Å². The van der Waals surface area contributed by atoms with Crippen LogP contribution in [0.2, 0.25) is 0 Å². The quantitative estimate of drug-likeness (QED) is 0.619. The Morgan fingerprint density at radius 3 is 2.70 bits per heavy atom. The third-order valence-corrected chi connectivity index (χ3v) is 2.04. The number of aliphatic hydroxyl groups excluding tert-OH is 1. The van der Waals surface area contributed by atoms with Gasteiger partial charge in [0.2, 0.25) is 0 Å². The molecule has 0 radical (unpaired) electrons.